The van der Waals surface area contributed by atoms with Crippen molar-refractivity contribution in [2.75, 3.05) is 20.2 Å². The van der Waals surface area contributed by atoms with Gasteiger partial charge < -0.3 is 19.8 Å². The lowest BCUT2D eigenvalue weighted by atomic mass is 10.1. The highest BCUT2D eigenvalue weighted by molar-refractivity contribution is 5.85. The van der Waals surface area contributed by atoms with E-state index in [1.807, 2.05) is 6.07 Å². The minimum atomic E-state index is -0.408. The molecule has 2 N–H and O–H groups in total. The normalized spacial score (nSPS) is 12.7. The van der Waals surface area contributed by atoms with E-state index in [0.29, 0.717) is 11.3 Å². The fourth-order valence-corrected chi connectivity index (χ4v) is 2.82. The van der Waals surface area contributed by atoms with E-state index in [9.17, 15) is 14.4 Å². The van der Waals surface area contributed by atoms with E-state index < -0.39 is 5.91 Å². The molecule has 0 bridgehead atoms. The Morgan fingerprint density at radius 3 is 2.79 bits per heavy atom. The van der Waals surface area contributed by atoms with E-state index in [2.05, 4.69) is 10.6 Å². The molecule has 0 spiro atoms. The number of fused-ring (bicyclic) bond motifs is 3. The van der Waals surface area contributed by atoms with Gasteiger partial charge in [-0.25, -0.2) is 4.79 Å². The molecule has 7 heteroatoms. The first-order chi connectivity index (χ1) is 11.6. The fourth-order valence-electron chi connectivity index (χ4n) is 2.82. The third kappa shape index (κ3) is 3.24. The predicted octanol–water partition coefficient (Wildman–Crippen LogP) is 0.523. The summed E-state index contributed by atoms with van der Waals surface area (Å²) in [6.07, 6.45) is 2.60. The van der Waals surface area contributed by atoms with Crippen molar-refractivity contribution in [3.05, 3.63) is 39.7 Å². The van der Waals surface area contributed by atoms with Gasteiger partial charge in [-0.2, -0.15) is 0 Å². The van der Waals surface area contributed by atoms with Crippen LogP contribution in [0.25, 0.3) is 11.0 Å². The zero-order valence-electron chi connectivity index (χ0n) is 13.3. The maximum atomic E-state index is 12.0. The molecule has 0 saturated carbocycles. The van der Waals surface area contributed by atoms with Crippen LogP contribution < -0.4 is 21.0 Å². The van der Waals surface area contributed by atoms with Gasteiger partial charge in [0.05, 0.1) is 6.54 Å². The molecule has 1 aromatic heterocycles. The lowest BCUT2D eigenvalue weighted by molar-refractivity contribution is -0.127. The van der Waals surface area contributed by atoms with Crippen molar-refractivity contribution in [3.63, 3.8) is 0 Å². The van der Waals surface area contributed by atoms with E-state index >= 15 is 0 Å². The van der Waals surface area contributed by atoms with Gasteiger partial charge in [-0.05, 0) is 37.0 Å². The molecule has 1 aliphatic carbocycles. The molecule has 0 radical (unpaired) electrons. The molecular formula is C17H18N2O5. The second-order valence-electron chi connectivity index (χ2n) is 5.60. The number of likely N-dealkylation sites (N-methyl/N-ethyl adjacent to an activating group) is 1. The van der Waals surface area contributed by atoms with Crippen LogP contribution in [0.15, 0.2) is 27.4 Å². The lowest BCUT2D eigenvalue weighted by Gasteiger charge is -2.09. The summed E-state index contributed by atoms with van der Waals surface area (Å²) in [5.41, 5.74) is 1.99. The van der Waals surface area contributed by atoms with E-state index in [1.165, 1.54) is 7.05 Å². The standard InChI is InChI=1S/C17H18N2O5/c1-18-15(20)8-19-16(21)9-23-10-5-6-12-11-3-2-4-13(11)17(22)24-14(12)7-10/h5-7H,2-4,8-9H2,1H3,(H,18,20)(H,19,21). The van der Waals surface area contributed by atoms with Crippen LogP contribution in [0.5, 0.6) is 5.75 Å². The first-order valence-electron chi connectivity index (χ1n) is 7.77. The van der Waals surface area contributed by atoms with E-state index in [0.717, 1.165) is 35.8 Å². The molecular weight excluding hydrogens is 312 g/mol. The van der Waals surface area contributed by atoms with Crippen LogP contribution in [-0.4, -0.2) is 32.0 Å². The van der Waals surface area contributed by atoms with Crippen LogP contribution in [0.3, 0.4) is 0 Å². The molecule has 3 rings (SSSR count). The average molecular weight is 330 g/mol. The number of nitrogens with one attached hydrogen (secondary N) is 2. The van der Waals surface area contributed by atoms with Gasteiger partial charge in [0.1, 0.15) is 11.3 Å². The molecule has 1 aliphatic rings. The quantitative estimate of drug-likeness (QED) is 0.779. The Bertz CT molecular complexity index is 856. The number of hydrogen-bond acceptors (Lipinski definition) is 5. The van der Waals surface area contributed by atoms with E-state index in [4.69, 9.17) is 9.15 Å². The van der Waals surface area contributed by atoms with Crippen LogP contribution in [0.1, 0.15) is 17.5 Å². The van der Waals surface area contributed by atoms with Crippen LogP contribution in [0.2, 0.25) is 0 Å². The number of hydrogen-bond donors (Lipinski definition) is 2. The zero-order valence-corrected chi connectivity index (χ0v) is 13.3. The molecule has 1 heterocycles. The van der Waals surface area contributed by atoms with Gasteiger partial charge in [-0.1, -0.05) is 0 Å². The van der Waals surface area contributed by atoms with Crippen LogP contribution in [-0.2, 0) is 22.4 Å². The summed E-state index contributed by atoms with van der Waals surface area (Å²) in [4.78, 5) is 34.6. The average Bonchev–Trinajstić information content (AvgIpc) is 3.08. The fraction of sp³-hybridized carbons (Fsp3) is 0.353. The molecule has 0 atom stereocenters. The summed E-state index contributed by atoms with van der Waals surface area (Å²) in [6, 6.07) is 5.20. The highest BCUT2D eigenvalue weighted by Gasteiger charge is 2.19. The topological polar surface area (TPSA) is 97.6 Å². The molecule has 7 nitrogen and oxygen atoms in total. The first kappa shape index (κ1) is 16.0. The number of benzene rings is 1. The molecule has 24 heavy (non-hydrogen) atoms. The van der Waals surface area contributed by atoms with Crippen molar-refractivity contribution in [2.45, 2.75) is 19.3 Å². The molecule has 0 unspecified atom stereocenters. The van der Waals surface area contributed by atoms with Gasteiger partial charge in [-0.15, -0.1) is 0 Å². The second-order valence-corrected chi connectivity index (χ2v) is 5.60. The highest BCUT2D eigenvalue weighted by Crippen LogP contribution is 2.29. The van der Waals surface area contributed by atoms with Gasteiger partial charge in [0.25, 0.3) is 5.91 Å². The maximum absolute atomic E-state index is 12.0. The van der Waals surface area contributed by atoms with Crippen molar-refractivity contribution in [2.24, 2.45) is 0 Å². The van der Waals surface area contributed by atoms with Gasteiger partial charge in [-0.3, -0.25) is 9.59 Å². The number of aryl methyl sites for hydroxylation is 1. The molecule has 1 aromatic carbocycles. The molecule has 2 aromatic rings. The lowest BCUT2D eigenvalue weighted by Crippen LogP contribution is -2.37. The third-order valence-corrected chi connectivity index (χ3v) is 4.04. The Labute approximate surface area is 138 Å². The second kappa shape index (κ2) is 6.74. The highest BCUT2D eigenvalue weighted by atomic mass is 16.5. The molecule has 0 saturated heterocycles. The smallest absolute Gasteiger partial charge is 0.339 e. The first-order valence-corrected chi connectivity index (χ1v) is 7.77. The molecule has 0 aliphatic heterocycles. The summed E-state index contributed by atoms with van der Waals surface area (Å²) in [7, 11) is 1.49. The molecule has 0 fully saturated rings. The van der Waals surface area contributed by atoms with Crippen molar-refractivity contribution in [1.29, 1.82) is 0 Å². The van der Waals surface area contributed by atoms with Gasteiger partial charge in [0.15, 0.2) is 6.61 Å². The van der Waals surface area contributed by atoms with E-state index in [1.54, 1.807) is 12.1 Å². The van der Waals surface area contributed by atoms with Crippen molar-refractivity contribution in [3.8, 4) is 5.75 Å². The minimum absolute atomic E-state index is 0.0998. The third-order valence-electron chi connectivity index (χ3n) is 4.04. The summed E-state index contributed by atoms with van der Waals surface area (Å²) in [6.45, 7) is -0.324. The molecule has 2 amide bonds. The van der Waals surface area contributed by atoms with Crippen LogP contribution >= 0.6 is 0 Å². The number of carbonyl (C=O) groups excluding carboxylic acids is 2. The summed E-state index contributed by atoms with van der Waals surface area (Å²) in [5, 5.41) is 5.75. The Balaban J connectivity index is 1.70. The Hall–Kier alpha value is -2.83. The minimum Gasteiger partial charge on any atom is -0.484 e. The largest absolute Gasteiger partial charge is 0.484 e. The maximum Gasteiger partial charge on any atom is 0.339 e. The SMILES string of the molecule is CNC(=O)CNC(=O)COc1ccc2c3c(c(=O)oc2c1)CCC3. The van der Waals surface area contributed by atoms with Gasteiger partial charge in [0.2, 0.25) is 5.91 Å². The van der Waals surface area contributed by atoms with Gasteiger partial charge >= 0.3 is 5.63 Å². The Kier molecular flexibility index (Phi) is 4.50. The summed E-state index contributed by atoms with van der Waals surface area (Å²) in [5.74, 6) is -0.266. The Morgan fingerprint density at radius 2 is 2.00 bits per heavy atom. The number of amides is 2. The van der Waals surface area contributed by atoms with Gasteiger partial charge in [0, 0.05) is 24.1 Å². The number of ether oxygens (including phenoxy) is 1. The molecule has 126 valence electrons. The summed E-state index contributed by atoms with van der Waals surface area (Å²) < 4.78 is 10.8. The van der Waals surface area contributed by atoms with Crippen molar-refractivity contribution in [1.82, 2.24) is 10.6 Å². The van der Waals surface area contributed by atoms with Crippen LogP contribution in [0, 0.1) is 0 Å². The zero-order chi connectivity index (χ0) is 17.1. The summed E-state index contributed by atoms with van der Waals surface area (Å²) >= 11 is 0. The van der Waals surface area contributed by atoms with Crippen molar-refractivity contribution < 1.29 is 18.7 Å². The predicted molar refractivity (Wildman–Crippen MR) is 87.1 cm³/mol. The monoisotopic (exact) mass is 330 g/mol. The number of rotatable bonds is 5. The van der Waals surface area contributed by atoms with Crippen LogP contribution in [0.4, 0.5) is 0 Å². The van der Waals surface area contributed by atoms with Crippen molar-refractivity contribution >= 4 is 22.8 Å². The number of carbonyl (C=O) groups is 2. The van der Waals surface area contributed by atoms with E-state index in [-0.39, 0.29) is 24.7 Å². The Morgan fingerprint density at radius 1 is 1.21 bits per heavy atom.